The number of amides is 1. The molecular formula is C14H14N2O3. The van der Waals surface area contributed by atoms with Gasteiger partial charge in [-0.15, -0.1) is 0 Å². The maximum absolute atomic E-state index is 11.6. The van der Waals surface area contributed by atoms with Crippen molar-refractivity contribution in [3.63, 3.8) is 0 Å². The molecule has 0 unspecified atom stereocenters. The van der Waals surface area contributed by atoms with Crippen LogP contribution in [0.4, 0.5) is 10.5 Å². The van der Waals surface area contributed by atoms with Crippen molar-refractivity contribution in [2.75, 3.05) is 12.4 Å². The third-order valence-corrected chi connectivity index (χ3v) is 2.46. The van der Waals surface area contributed by atoms with Crippen LogP contribution < -0.4 is 10.1 Å². The lowest BCUT2D eigenvalue weighted by molar-refractivity contribution is 0.155. The second-order valence-corrected chi connectivity index (χ2v) is 3.76. The lowest BCUT2D eigenvalue weighted by atomic mass is 10.3. The molecule has 0 aliphatic heterocycles. The number of para-hydroxylation sites is 2. The van der Waals surface area contributed by atoms with Crippen molar-refractivity contribution in [1.82, 2.24) is 4.98 Å². The van der Waals surface area contributed by atoms with Gasteiger partial charge in [-0.2, -0.15) is 0 Å². The molecule has 1 heterocycles. The first-order valence-electron chi connectivity index (χ1n) is 5.75. The van der Waals surface area contributed by atoms with E-state index in [2.05, 4.69) is 10.3 Å². The van der Waals surface area contributed by atoms with Crippen molar-refractivity contribution >= 4 is 11.8 Å². The number of hydrogen-bond donors (Lipinski definition) is 1. The van der Waals surface area contributed by atoms with E-state index in [4.69, 9.17) is 9.47 Å². The van der Waals surface area contributed by atoms with Crippen molar-refractivity contribution < 1.29 is 14.3 Å². The molecule has 0 aliphatic carbocycles. The summed E-state index contributed by atoms with van der Waals surface area (Å²) < 4.78 is 10.2. The maximum Gasteiger partial charge on any atom is 0.412 e. The van der Waals surface area contributed by atoms with Gasteiger partial charge in [0.05, 0.1) is 12.8 Å². The van der Waals surface area contributed by atoms with Gasteiger partial charge in [-0.25, -0.2) is 4.79 Å². The average molecular weight is 258 g/mol. The molecule has 0 aliphatic rings. The van der Waals surface area contributed by atoms with Gasteiger partial charge >= 0.3 is 6.09 Å². The number of benzene rings is 1. The average Bonchev–Trinajstić information content (AvgIpc) is 2.47. The molecule has 5 nitrogen and oxygen atoms in total. The summed E-state index contributed by atoms with van der Waals surface area (Å²) in [6.45, 7) is 0.198. The summed E-state index contributed by atoms with van der Waals surface area (Å²) in [5.41, 5.74) is 1.45. The number of nitrogens with zero attached hydrogens (tertiary/aromatic N) is 1. The first kappa shape index (κ1) is 12.9. The van der Waals surface area contributed by atoms with E-state index >= 15 is 0 Å². The zero-order chi connectivity index (χ0) is 13.5. The Morgan fingerprint density at radius 1 is 1.21 bits per heavy atom. The van der Waals surface area contributed by atoms with Gasteiger partial charge in [-0.3, -0.25) is 10.3 Å². The number of rotatable bonds is 4. The molecule has 0 fully saturated rings. The Morgan fingerprint density at radius 3 is 2.68 bits per heavy atom. The van der Waals surface area contributed by atoms with Crippen LogP contribution in [0.25, 0.3) is 0 Å². The molecule has 2 aromatic rings. The minimum Gasteiger partial charge on any atom is -0.495 e. The summed E-state index contributed by atoms with van der Waals surface area (Å²) in [5, 5.41) is 2.63. The second-order valence-electron chi connectivity index (χ2n) is 3.76. The Hall–Kier alpha value is -2.56. The van der Waals surface area contributed by atoms with E-state index in [1.165, 1.54) is 0 Å². The quantitative estimate of drug-likeness (QED) is 0.916. The molecule has 0 saturated carbocycles. The highest BCUT2D eigenvalue weighted by molar-refractivity contribution is 5.86. The number of methoxy groups -OCH3 is 1. The van der Waals surface area contributed by atoms with Gasteiger partial charge in [0, 0.05) is 12.4 Å². The van der Waals surface area contributed by atoms with Gasteiger partial charge < -0.3 is 9.47 Å². The Morgan fingerprint density at radius 2 is 1.95 bits per heavy atom. The Bertz CT molecular complexity index is 543. The number of aromatic nitrogens is 1. The number of ether oxygens (including phenoxy) is 2. The van der Waals surface area contributed by atoms with Crippen molar-refractivity contribution in [3.05, 3.63) is 54.4 Å². The van der Waals surface area contributed by atoms with Crippen LogP contribution in [0.3, 0.4) is 0 Å². The highest BCUT2D eigenvalue weighted by atomic mass is 16.5. The number of nitrogens with one attached hydrogen (secondary N) is 1. The SMILES string of the molecule is COc1ccccc1NC(=O)OCc1ccncc1. The van der Waals surface area contributed by atoms with Crippen LogP contribution in [0.5, 0.6) is 5.75 Å². The molecule has 1 aromatic heterocycles. The minimum atomic E-state index is -0.527. The van der Waals surface area contributed by atoms with E-state index in [-0.39, 0.29) is 6.61 Å². The highest BCUT2D eigenvalue weighted by Gasteiger charge is 2.07. The summed E-state index contributed by atoms with van der Waals surface area (Å²) in [6.07, 6.45) is 2.77. The van der Waals surface area contributed by atoms with Crippen molar-refractivity contribution in [2.45, 2.75) is 6.61 Å². The predicted molar refractivity (Wildman–Crippen MR) is 71.0 cm³/mol. The third-order valence-electron chi connectivity index (χ3n) is 2.46. The molecule has 2 rings (SSSR count). The van der Waals surface area contributed by atoms with E-state index in [0.717, 1.165) is 5.56 Å². The summed E-state index contributed by atoms with van der Waals surface area (Å²) in [7, 11) is 1.54. The first-order chi connectivity index (χ1) is 9.29. The van der Waals surface area contributed by atoms with Crippen LogP contribution in [-0.2, 0) is 11.3 Å². The molecule has 5 heteroatoms. The number of carbonyl (C=O) groups is 1. The molecule has 0 atom stereocenters. The fraction of sp³-hybridized carbons (Fsp3) is 0.143. The van der Waals surface area contributed by atoms with Crippen LogP contribution in [0.2, 0.25) is 0 Å². The van der Waals surface area contributed by atoms with Crippen LogP contribution in [0, 0.1) is 0 Å². The fourth-order valence-corrected chi connectivity index (χ4v) is 1.52. The molecule has 0 radical (unpaired) electrons. The Kier molecular flexibility index (Phi) is 4.34. The summed E-state index contributed by atoms with van der Waals surface area (Å²) >= 11 is 0. The molecule has 1 amide bonds. The van der Waals surface area contributed by atoms with Gasteiger partial charge in [0.15, 0.2) is 0 Å². The molecule has 0 bridgehead atoms. The fourth-order valence-electron chi connectivity index (χ4n) is 1.52. The Balaban J connectivity index is 1.91. The standard InChI is InChI=1S/C14H14N2O3/c1-18-13-5-3-2-4-12(13)16-14(17)19-10-11-6-8-15-9-7-11/h2-9H,10H2,1H3,(H,16,17). The number of hydrogen-bond acceptors (Lipinski definition) is 4. The van der Waals surface area contributed by atoms with E-state index in [0.29, 0.717) is 11.4 Å². The number of anilines is 1. The van der Waals surface area contributed by atoms with Crippen LogP contribution >= 0.6 is 0 Å². The maximum atomic E-state index is 11.6. The predicted octanol–water partition coefficient (Wildman–Crippen LogP) is 2.84. The minimum absolute atomic E-state index is 0.198. The van der Waals surface area contributed by atoms with E-state index in [9.17, 15) is 4.79 Å². The third kappa shape index (κ3) is 3.70. The van der Waals surface area contributed by atoms with E-state index in [1.807, 2.05) is 6.07 Å². The van der Waals surface area contributed by atoms with Crippen LogP contribution in [0.15, 0.2) is 48.8 Å². The topological polar surface area (TPSA) is 60.5 Å². The smallest absolute Gasteiger partial charge is 0.412 e. The largest absolute Gasteiger partial charge is 0.495 e. The van der Waals surface area contributed by atoms with Gasteiger partial charge in [0.1, 0.15) is 12.4 Å². The lowest BCUT2D eigenvalue weighted by Gasteiger charge is -2.10. The lowest BCUT2D eigenvalue weighted by Crippen LogP contribution is -2.14. The van der Waals surface area contributed by atoms with Crippen LogP contribution in [-0.4, -0.2) is 18.2 Å². The molecule has 19 heavy (non-hydrogen) atoms. The second kappa shape index (κ2) is 6.39. The summed E-state index contributed by atoms with van der Waals surface area (Å²) in [4.78, 5) is 15.5. The Labute approximate surface area is 111 Å². The van der Waals surface area contributed by atoms with E-state index < -0.39 is 6.09 Å². The molecule has 1 aromatic carbocycles. The van der Waals surface area contributed by atoms with Crippen molar-refractivity contribution in [2.24, 2.45) is 0 Å². The van der Waals surface area contributed by atoms with Gasteiger partial charge in [0.2, 0.25) is 0 Å². The normalized spacial score (nSPS) is 9.74. The molecule has 0 spiro atoms. The molecule has 0 saturated heterocycles. The van der Waals surface area contributed by atoms with Crippen molar-refractivity contribution in [1.29, 1.82) is 0 Å². The molecule has 1 N–H and O–H groups in total. The highest BCUT2D eigenvalue weighted by Crippen LogP contribution is 2.23. The monoisotopic (exact) mass is 258 g/mol. The molecular weight excluding hydrogens is 244 g/mol. The summed E-state index contributed by atoms with van der Waals surface area (Å²) in [6, 6.07) is 10.7. The first-order valence-corrected chi connectivity index (χ1v) is 5.75. The van der Waals surface area contributed by atoms with Crippen LogP contribution in [0.1, 0.15) is 5.56 Å². The number of pyridine rings is 1. The van der Waals surface area contributed by atoms with Gasteiger partial charge in [-0.1, -0.05) is 12.1 Å². The molecule has 98 valence electrons. The zero-order valence-corrected chi connectivity index (χ0v) is 10.5. The zero-order valence-electron chi connectivity index (χ0n) is 10.5. The van der Waals surface area contributed by atoms with Crippen molar-refractivity contribution in [3.8, 4) is 5.75 Å². The summed E-state index contributed by atoms with van der Waals surface area (Å²) in [5.74, 6) is 0.586. The van der Waals surface area contributed by atoms with Gasteiger partial charge in [0.25, 0.3) is 0 Å². The number of carbonyl (C=O) groups excluding carboxylic acids is 1. The van der Waals surface area contributed by atoms with Gasteiger partial charge in [-0.05, 0) is 29.8 Å². The van der Waals surface area contributed by atoms with E-state index in [1.54, 1.807) is 49.8 Å².